The molecule has 1 spiro atoms. The van der Waals surface area contributed by atoms with Crippen LogP contribution in [0, 0.1) is 5.41 Å². The number of rotatable bonds is 2. The zero-order valence-electron chi connectivity index (χ0n) is 14.1. The Balaban J connectivity index is 1.55. The number of aromatic nitrogens is 2. The Morgan fingerprint density at radius 2 is 1.76 bits per heavy atom. The molecule has 25 heavy (non-hydrogen) atoms. The number of benzene rings is 1. The molecule has 1 aliphatic carbocycles. The third kappa shape index (κ3) is 3.18. The van der Waals surface area contributed by atoms with Gasteiger partial charge in [0.2, 0.25) is 0 Å². The van der Waals surface area contributed by atoms with Crippen molar-refractivity contribution >= 4 is 34.8 Å². The average molecular weight is 377 g/mol. The summed E-state index contributed by atoms with van der Waals surface area (Å²) in [6.45, 7) is 2.07. The fraction of sp³-hybridized carbons (Fsp3) is 0.474. The molecule has 1 aromatic heterocycles. The van der Waals surface area contributed by atoms with E-state index in [1.165, 1.54) is 38.5 Å². The molecule has 132 valence electrons. The highest BCUT2D eigenvalue weighted by molar-refractivity contribution is 6.43. The summed E-state index contributed by atoms with van der Waals surface area (Å²) in [6.07, 6.45) is 9.86. The van der Waals surface area contributed by atoms with Gasteiger partial charge in [0.15, 0.2) is 5.82 Å². The molecular formula is C19H22Cl2N4. The molecule has 0 atom stereocenters. The van der Waals surface area contributed by atoms with Crippen molar-refractivity contribution in [3.63, 3.8) is 0 Å². The number of anilines is 2. The highest BCUT2D eigenvalue weighted by Gasteiger charge is 2.37. The molecular weight excluding hydrogens is 355 g/mol. The van der Waals surface area contributed by atoms with Crippen LogP contribution >= 0.6 is 23.2 Å². The predicted octanol–water partition coefficient (Wildman–Crippen LogP) is 5.19. The van der Waals surface area contributed by atoms with Gasteiger partial charge in [-0.1, -0.05) is 48.2 Å². The third-order valence-corrected chi connectivity index (χ3v) is 6.62. The van der Waals surface area contributed by atoms with Gasteiger partial charge in [-0.2, -0.15) is 0 Å². The molecule has 2 aliphatic rings. The second kappa shape index (κ2) is 6.65. The quantitative estimate of drug-likeness (QED) is 0.782. The van der Waals surface area contributed by atoms with Crippen LogP contribution in [-0.2, 0) is 0 Å². The molecule has 0 amide bonds. The van der Waals surface area contributed by atoms with Crippen molar-refractivity contribution in [2.45, 2.75) is 38.5 Å². The maximum Gasteiger partial charge on any atom is 0.152 e. The van der Waals surface area contributed by atoms with Crippen molar-refractivity contribution < 1.29 is 0 Å². The second-order valence-electron chi connectivity index (χ2n) is 7.26. The van der Waals surface area contributed by atoms with Gasteiger partial charge in [-0.25, -0.2) is 9.97 Å². The molecule has 4 rings (SSSR count). The zero-order chi connectivity index (χ0) is 17.4. The molecule has 1 aliphatic heterocycles. The molecule has 2 fully saturated rings. The lowest BCUT2D eigenvalue weighted by atomic mass is 9.77. The largest absolute Gasteiger partial charge is 0.382 e. The van der Waals surface area contributed by atoms with E-state index < -0.39 is 0 Å². The van der Waals surface area contributed by atoms with Crippen LogP contribution in [-0.4, -0.2) is 23.1 Å². The van der Waals surface area contributed by atoms with Gasteiger partial charge in [0.25, 0.3) is 0 Å². The van der Waals surface area contributed by atoms with Crippen LogP contribution in [0.1, 0.15) is 38.5 Å². The molecule has 1 saturated carbocycles. The number of nitrogens with two attached hydrogens (primary N) is 1. The number of nitrogen functional groups attached to an aromatic ring is 1. The Morgan fingerprint density at radius 3 is 2.44 bits per heavy atom. The predicted molar refractivity (Wildman–Crippen MR) is 104 cm³/mol. The standard InChI is InChI=1S/C19H22Cl2N4/c20-14-5-3-4-13(16(14)21)17-18(22)24-15(12-23-17)25-10-8-19(9-11-25)6-1-2-7-19/h3-5,12H,1-2,6-11H2,(H2,22,24). The van der Waals surface area contributed by atoms with E-state index in [2.05, 4.69) is 14.9 Å². The van der Waals surface area contributed by atoms with Gasteiger partial charge in [0.1, 0.15) is 11.5 Å². The van der Waals surface area contributed by atoms with Gasteiger partial charge in [-0.15, -0.1) is 0 Å². The molecule has 2 N–H and O–H groups in total. The van der Waals surface area contributed by atoms with Gasteiger partial charge < -0.3 is 10.6 Å². The van der Waals surface area contributed by atoms with E-state index in [-0.39, 0.29) is 0 Å². The summed E-state index contributed by atoms with van der Waals surface area (Å²) >= 11 is 12.4. The van der Waals surface area contributed by atoms with Gasteiger partial charge >= 0.3 is 0 Å². The van der Waals surface area contributed by atoms with Crippen LogP contribution in [0.5, 0.6) is 0 Å². The molecule has 0 radical (unpaired) electrons. The van der Waals surface area contributed by atoms with Crippen molar-refractivity contribution in [1.82, 2.24) is 9.97 Å². The average Bonchev–Trinajstić information content (AvgIpc) is 3.06. The Labute approximate surface area is 158 Å². The van der Waals surface area contributed by atoms with Crippen molar-refractivity contribution in [3.05, 3.63) is 34.4 Å². The van der Waals surface area contributed by atoms with Crippen molar-refractivity contribution in [3.8, 4) is 11.3 Å². The maximum atomic E-state index is 6.29. The molecule has 1 saturated heterocycles. The minimum absolute atomic E-state index is 0.391. The first-order valence-corrected chi connectivity index (χ1v) is 9.65. The normalized spacial score (nSPS) is 19.5. The molecule has 0 unspecified atom stereocenters. The smallest absolute Gasteiger partial charge is 0.152 e. The van der Waals surface area contributed by atoms with Crippen LogP contribution in [0.4, 0.5) is 11.6 Å². The van der Waals surface area contributed by atoms with Crippen LogP contribution in [0.15, 0.2) is 24.4 Å². The van der Waals surface area contributed by atoms with E-state index in [1.807, 2.05) is 12.1 Å². The first-order valence-electron chi connectivity index (χ1n) is 8.90. The summed E-state index contributed by atoms with van der Waals surface area (Å²) < 4.78 is 0. The van der Waals surface area contributed by atoms with E-state index in [0.717, 1.165) is 18.9 Å². The number of halogens is 2. The molecule has 1 aromatic carbocycles. The van der Waals surface area contributed by atoms with Crippen LogP contribution < -0.4 is 10.6 Å². The van der Waals surface area contributed by atoms with Crippen LogP contribution in [0.25, 0.3) is 11.3 Å². The summed E-state index contributed by atoms with van der Waals surface area (Å²) in [5.74, 6) is 1.25. The van der Waals surface area contributed by atoms with Gasteiger partial charge in [0, 0.05) is 18.7 Å². The molecule has 2 aromatic rings. The van der Waals surface area contributed by atoms with Gasteiger partial charge in [-0.05, 0) is 37.2 Å². The zero-order valence-corrected chi connectivity index (χ0v) is 15.7. The lowest BCUT2D eigenvalue weighted by Gasteiger charge is -2.39. The molecule has 2 heterocycles. The van der Waals surface area contributed by atoms with E-state index in [0.29, 0.717) is 32.5 Å². The van der Waals surface area contributed by atoms with E-state index in [4.69, 9.17) is 28.9 Å². The number of piperidine rings is 1. The minimum atomic E-state index is 0.391. The fourth-order valence-corrected chi connectivity index (χ4v) is 4.67. The summed E-state index contributed by atoms with van der Waals surface area (Å²) in [6, 6.07) is 5.45. The van der Waals surface area contributed by atoms with Crippen molar-refractivity contribution in [1.29, 1.82) is 0 Å². The minimum Gasteiger partial charge on any atom is -0.382 e. The first kappa shape index (κ1) is 16.9. The molecule has 4 nitrogen and oxygen atoms in total. The van der Waals surface area contributed by atoms with Crippen LogP contribution in [0.3, 0.4) is 0 Å². The van der Waals surface area contributed by atoms with E-state index >= 15 is 0 Å². The Bertz CT molecular complexity index is 777. The summed E-state index contributed by atoms with van der Waals surface area (Å²) in [7, 11) is 0. The van der Waals surface area contributed by atoms with E-state index in [1.54, 1.807) is 12.3 Å². The van der Waals surface area contributed by atoms with Crippen LogP contribution in [0.2, 0.25) is 10.0 Å². The number of nitrogens with zero attached hydrogens (tertiary/aromatic N) is 3. The Morgan fingerprint density at radius 1 is 1.04 bits per heavy atom. The number of hydrogen-bond acceptors (Lipinski definition) is 4. The first-order chi connectivity index (χ1) is 12.1. The van der Waals surface area contributed by atoms with Gasteiger partial charge in [0.05, 0.1) is 16.2 Å². The monoisotopic (exact) mass is 376 g/mol. The lowest BCUT2D eigenvalue weighted by molar-refractivity contribution is 0.226. The lowest BCUT2D eigenvalue weighted by Crippen LogP contribution is -2.39. The number of hydrogen-bond donors (Lipinski definition) is 1. The Kier molecular flexibility index (Phi) is 4.50. The maximum absolute atomic E-state index is 6.29. The Hall–Kier alpha value is -1.52. The van der Waals surface area contributed by atoms with E-state index in [9.17, 15) is 0 Å². The van der Waals surface area contributed by atoms with Crippen molar-refractivity contribution in [2.75, 3.05) is 23.7 Å². The highest BCUT2D eigenvalue weighted by Crippen LogP contribution is 2.46. The summed E-state index contributed by atoms with van der Waals surface area (Å²) in [4.78, 5) is 11.4. The third-order valence-electron chi connectivity index (χ3n) is 5.81. The van der Waals surface area contributed by atoms with Crippen molar-refractivity contribution in [2.24, 2.45) is 5.41 Å². The van der Waals surface area contributed by atoms with Gasteiger partial charge in [-0.3, -0.25) is 0 Å². The SMILES string of the molecule is Nc1nc(N2CCC3(CCCC3)CC2)cnc1-c1cccc(Cl)c1Cl. The summed E-state index contributed by atoms with van der Waals surface area (Å²) in [5.41, 5.74) is 8.08. The summed E-state index contributed by atoms with van der Waals surface area (Å²) in [5, 5.41) is 0.946. The highest BCUT2D eigenvalue weighted by atomic mass is 35.5. The molecule has 0 bridgehead atoms. The fourth-order valence-electron chi connectivity index (χ4n) is 4.28. The topological polar surface area (TPSA) is 55.0 Å². The molecule has 6 heteroatoms. The second-order valence-corrected chi connectivity index (χ2v) is 8.04.